The summed E-state index contributed by atoms with van der Waals surface area (Å²) in [6.45, 7) is 5.12. The van der Waals surface area contributed by atoms with Crippen LogP contribution in [0.2, 0.25) is 0 Å². The van der Waals surface area contributed by atoms with Crippen molar-refractivity contribution in [2.75, 3.05) is 26.8 Å². The molecule has 0 radical (unpaired) electrons. The van der Waals surface area contributed by atoms with Crippen LogP contribution in [-0.4, -0.2) is 54.9 Å². The Labute approximate surface area is 109 Å². The van der Waals surface area contributed by atoms with Gasteiger partial charge in [-0.25, -0.2) is 0 Å². The number of thiocarbonyl (C=S) groups is 1. The van der Waals surface area contributed by atoms with E-state index in [1.165, 1.54) is 25.8 Å². The van der Waals surface area contributed by atoms with Crippen molar-refractivity contribution in [1.29, 1.82) is 0 Å². The predicted octanol–water partition coefficient (Wildman–Crippen LogP) is 0.722. The zero-order chi connectivity index (χ0) is 12.3. The Hall–Kier alpha value is -0.390. The van der Waals surface area contributed by atoms with E-state index in [0.29, 0.717) is 12.6 Å². The third-order valence-electron chi connectivity index (χ3n) is 3.41. The van der Waals surface area contributed by atoms with Crippen LogP contribution in [0.5, 0.6) is 0 Å². The van der Waals surface area contributed by atoms with Crippen LogP contribution < -0.4 is 10.6 Å². The molecule has 98 valence electrons. The van der Waals surface area contributed by atoms with Crippen LogP contribution in [0.25, 0.3) is 0 Å². The number of ether oxygens (including phenoxy) is 1. The predicted molar refractivity (Wildman–Crippen MR) is 73.2 cm³/mol. The lowest BCUT2D eigenvalue weighted by Crippen LogP contribution is -2.47. The molecule has 0 aromatic carbocycles. The summed E-state index contributed by atoms with van der Waals surface area (Å²) >= 11 is 5.30. The molecule has 2 rings (SSSR count). The second-order valence-electron chi connectivity index (χ2n) is 5.19. The van der Waals surface area contributed by atoms with E-state index in [-0.39, 0.29) is 6.04 Å². The molecular weight excluding hydrogens is 234 g/mol. The Bertz CT molecular complexity index is 270. The molecule has 0 bridgehead atoms. The van der Waals surface area contributed by atoms with Gasteiger partial charge in [0.15, 0.2) is 5.11 Å². The lowest BCUT2D eigenvalue weighted by molar-refractivity contribution is 0.179. The zero-order valence-corrected chi connectivity index (χ0v) is 11.6. The maximum absolute atomic E-state index is 5.30. The second-order valence-corrected chi connectivity index (χ2v) is 5.59. The molecule has 2 N–H and O–H groups in total. The molecule has 2 aliphatic rings. The summed E-state index contributed by atoms with van der Waals surface area (Å²) in [4.78, 5) is 2.58. The summed E-state index contributed by atoms with van der Waals surface area (Å²) in [6.07, 6.45) is 3.98. The number of rotatable bonds is 5. The molecule has 5 heteroatoms. The van der Waals surface area contributed by atoms with Crippen molar-refractivity contribution in [2.24, 2.45) is 0 Å². The molecule has 1 saturated carbocycles. The van der Waals surface area contributed by atoms with Crippen LogP contribution in [-0.2, 0) is 4.74 Å². The number of likely N-dealkylation sites (tertiary alicyclic amines) is 1. The topological polar surface area (TPSA) is 36.5 Å². The molecule has 0 spiro atoms. The van der Waals surface area contributed by atoms with Gasteiger partial charge in [0.05, 0.1) is 6.61 Å². The van der Waals surface area contributed by atoms with Gasteiger partial charge in [-0.1, -0.05) is 0 Å². The third-order valence-corrected chi connectivity index (χ3v) is 3.65. The first-order chi connectivity index (χ1) is 8.19. The monoisotopic (exact) mass is 257 g/mol. The van der Waals surface area contributed by atoms with Crippen molar-refractivity contribution in [3.8, 4) is 0 Å². The Morgan fingerprint density at radius 3 is 2.88 bits per heavy atom. The first kappa shape index (κ1) is 13.1. The van der Waals surface area contributed by atoms with E-state index in [0.717, 1.165) is 17.7 Å². The summed E-state index contributed by atoms with van der Waals surface area (Å²) in [7, 11) is 1.71. The zero-order valence-electron chi connectivity index (χ0n) is 10.7. The van der Waals surface area contributed by atoms with Gasteiger partial charge in [-0.05, 0) is 38.4 Å². The van der Waals surface area contributed by atoms with Crippen molar-refractivity contribution in [1.82, 2.24) is 15.5 Å². The summed E-state index contributed by atoms with van der Waals surface area (Å²) in [5, 5.41) is 7.41. The fourth-order valence-corrected chi connectivity index (χ4v) is 2.79. The van der Waals surface area contributed by atoms with E-state index in [4.69, 9.17) is 17.0 Å². The van der Waals surface area contributed by atoms with Gasteiger partial charge in [-0.2, -0.15) is 0 Å². The maximum atomic E-state index is 5.30. The molecule has 1 aliphatic carbocycles. The van der Waals surface area contributed by atoms with Gasteiger partial charge in [0.2, 0.25) is 0 Å². The van der Waals surface area contributed by atoms with Crippen LogP contribution in [0, 0.1) is 0 Å². The summed E-state index contributed by atoms with van der Waals surface area (Å²) < 4.78 is 5.07. The minimum absolute atomic E-state index is 0.265. The van der Waals surface area contributed by atoms with Crippen LogP contribution in [0.4, 0.5) is 0 Å². The fraction of sp³-hybridized carbons (Fsp3) is 0.917. The first-order valence-electron chi connectivity index (χ1n) is 6.49. The lowest BCUT2D eigenvalue weighted by Gasteiger charge is -2.20. The van der Waals surface area contributed by atoms with Gasteiger partial charge in [0, 0.05) is 38.3 Å². The Kier molecular flexibility index (Phi) is 4.59. The van der Waals surface area contributed by atoms with E-state index in [1.807, 2.05) is 0 Å². The van der Waals surface area contributed by atoms with Gasteiger partial charge < -0.3 is 15.4 Å². The van der Waals surface area contributed by atoms with Crippen LogP contribution in [0.15, 0.2) is 0 Å². The van der Waals surface area contributed by atoms with E-state index < -0.39 is 0 Å². The minimum Gasteiger partial charge on any atom is -0.383 e. The SMILES string of the molecule is COCC(C)NC(=S)NC1CCN(C2CC2)C1. The highest BCUT2D eigenvalue weighted by Gasteiger charge is 2.34. The van der Waals surface area contributed by atoms with E-state index >= 15 is 0 Å². The lowest BCUT2D eigenvalue weighted by atomic mass is 10.3. The van der Waals surface area contributed by atoms with E-state index in [1.54, 1.807) is 7.11 Å². The highest BCUT2D eigenvalue weighted by atomic mass is 32.1. The standard InChI is InChI=1S/C12H23N3OS/c1-9(8-16-2)13-12(17)14-10-5-6-15(7-10)11-3-4-11/h9-11H,3-8H2,1-2H3,(H2,13,14,17). The number of methoxy groups -OCH3 is 1. The average molecular weight is 257 g/mol. The highest BCUT2D eigenvalue weighted by Crippen LogP contribution is 2.29. The summed E-state index contributed by atoms with van der Waals surface area (Å²) in [6, 6.07) is 1.65. The third kappa shape index (κ3) is 4.08. The molecule has 1 saturated heterocycles. The van der Waals surface area contributed by atoms with Crippen LogP contribution in [0.3, 0.4) is 0 Å². The largest absolute Gasteiger partial charge is 0.383 e. The Balaban J connectivity index is 1.65. The molecule has 0 aromatic rings. The second kappa shape index (κ2) is 5.98. The summed E-state index contributed by atoms with van der Waals surface area (Å²) in [5.74, 6) is 0. The normalized spacial score (nSPS) is 26.8. The van der Waals surface area contributed by atoms with E-state index in [9.17, 15) is 0 Å². The number of hydrogen-bond acceptors (Lipinski definition) is 3. The van der Waals surface area contributed by atoms with Gasteiger partial charge in [-0.15, -0.1) is 0 Å². The number of hydrogen-bond donors (Lipinski definition) is 2. The molecule has 2 fully saturated rings. The number of nitrogens with one attached hydrogen (secondary N) is 2. The molecule has 17 heavy (non-hydrogen) atoms. The maximum Gasteiger partial charge on any atom is 0.166 e. The molecular formula is C12H23N3OS. The van der Waals surface area contributed by atoms with Gasteiger partial charge >= 0.3 is 0 Å². The summed E-state index contributed by atoms with van der Waals surface area (Å²) in [5.41, 5.74) is 0. The van der Waals surface area contributed by atoms with Crippen molar-refractivity contribution in [2.45, 2.75) is 44.3 Å². The highest BCUT2D eigenvalue weighted by molar-refractivity contribution is 7.80. The smallest absolute Gasteiger partial charge is 0.166 e. The molecule has 0 amide bonds. The van der Waals surface area contributed by atoms with Crippen LogP contribution >= 0.6 is 12.2 Å². The van der Waals surface area contributed by atoms with E-state index in [2.05, 4.69) is 22.5 Å². The van der Waals surface area contributed by atoms with Crippen molar-refractivity contribution in [3.05, 3.63) is 0 Å². The van der Waals surface area contributed by atoms with Crippen molar-refractivity contribution < 1.29 is 4.74 Å². The Morgan fingerprint density at radius 2 is 2.24 bits per heavy atom. The molecule has 2 atom stereocenters. The van der Waals surface area contributed by atoms with Gasteiger partial charge in [0.1, 0.15) is 0 Å². The first-order valence-corrected chi connectivity index (χ1v) is 6.90. The van der Waals surface area contributed by atoms with Gasteiger partial charge in [-0.3, -0.25) is 4.90 Å². The average Bonchev–Trinajstić information content (AvgIpc) is 3.01. The Morgan fingerprint density at radius 1 is 1.47 bits per heavy atom. The number of nitrogens with zero attached hydrogens (tertiary/aromatic N) is 1. The molecule has 0 aromatic heterocycles. The van der Waals surface area contributed by atoms with Gasteiger partial charge in [0.25, 0.3) is 0 Å². The van der Waals surface area contributed by atoms with Crippen molar-refractivity contribution >= 4 is 17.3 Å². The fourth-order valence-electron chi connectivity index (χ4n) is 2.42. The molecule has 1 heterocycles. The quantitative estimate of drug-likeness (QED) is 0.710. The van der Waals surface area contributed by atoms with Crippen LogP contribution in [0.1, 0.15) is 26.2 Å². The van der Waals surface area contributed by atoms with Crippen molar-refractivity contribution in [3.63, 3.8) is 0 Å². The molecule has 2 unspecified atom stereocenters. The minimum atomic E-state index is 0.265. The molecule has 1 aliphatic heterocycles. The molecule has 4 nitrogen and oxygen atoms in total.